The Bertz CT molecular complexity index is 300. The number of rotatable bonds is 1. The number of nitrogens with one attached hydrogen (secondary N) is 1. The van der Waals surface area contributed by atoms with Crippen molar-refractivity contribution in [1.29, 1.82) is 0 Å². The van der Waals surface area contributed by atoms with Gasteiger partial charge in [-0.3, -0.25) is 9.67 Å². The topological polar surface area (TPSA) is 42.2 Å². The molecule has 0 amide bonds. The molecule has 0 spiro atoms. The van der Waals surface area contributed by atoms with Crippen LogP contribution in [0.25, 0.3) is 0 Å². The smallest absolute Gasteiger partial charge is 0.131 e. The van der Waals surface area contributed by atoms with Crippen LogP contribution in [0.3, 0.4) is 0 Å². The molecule has 1 aromatic heterocycles. The number of aryl methyl sites for hydroxylation is 1. The molecule has 1 N–H and O–H groups in total. The highest BCUT2D eigenvalue weighted by Crippen LogP contribution is 2.00. The van der Waals surface area contributed by atoms with Crippen LogP contribution < -0.4 is 5.32 Å². The molecule has 0 atom stereocenters. The maximum absolute atomic E-state index is 4.37. The van der Waals surface area contributed by atoms with Crippen LogP contribution in [-0.2, 0) is 7.05 Å². The first-order chi connectivity index (χ1) is 5.86. The molecule has 1 aromatic rings. The van der Waals surface area contributed by atoms with Gasteiger partial charge in [-0.2, -0.15) is 5.10 Å². The Kier molecular flexibility index (Phi) is 1.81. The van der Waals surface area contributed by atoms with E-state index in [1.54, 1.807) is 4.68 Å². The molecule has 0 aromatic carbocycles. The molecule has 2 heterocycles. The molecule has 4 nitrogen and oxygen atoms in total. The van der Waals surface area contributed by atoms with Gasteiger partial charge in [0.25, 0.3) is 0 Å². The molecule has 0 unspecified atom stereocenters. The Morgan fingerprint density at radius 3 is 3.08 bits per heavy atom. The second-order valence-corrected chi connectivity index (χ2v) is 2.91. The number of aromatic nitrogens is 2. The van der Waals surface area contributed by atoms with E-state index in [4.69, 9.17) is 0 Å². The summed E-state index contributed by atoms with van der Waals surface area (Å²) in [5.74, 6) is 0.981. The molecular formula is C8H12N4. The van der Waals surface area contributed by atoms with Crippen molar-refractivity contribution >= 4 is 5.84 Å². The van der Waals surface area contributed by atoms with E-state index in [1.165, 1.54) is 0 Å². The molecule has 0 radical (unpaired) electrons. The predicted octanol–water partition coefficient (Wildman–Crippen LogP) is 0.160. The molecule has 4 heteroatoms. The first-order valence-corrected chi connectivity index (χ1v) is 4.13. The van der Waals surface area contributed by atoms with Gasteiger partial charge in [-0.1, -0.05) is 0 Å². The zero-order valence-electron chi connectivity index (χ0n) is 7.12. The van der Waals surface area contributed by atoms with Crippen LogP contribution in [0.1, 0.15) is 12.0 Å². The second-order valence-electron chi connectivity index (χ2n) is 2.91. The number of amidine groups is 1. The van der Waals surface area contributed by atoms with Crippen LogP contribution in [0.4, 0.5) is 0 Å². The Morgan fingerprint density at radius 2 is 2.50 bits per heavy atom. The molecule has 12 heavy (non-hydrogen) atoms. The molecule has 0 saturated carbocycles. The first-order valence-electron chi connectivity index (χ1n) is 4.13. The maximum Gasteiger partial charge on any atom is 0.131 e. The van der Waals surface area contributed by atoms with Gasteiger partial charge in [0.15, 0.2) is 0 Å². The summed E-state index contributed by atoms with van der Waals surface area (Å²) < 4.78 is 1.79. The van der Waals surface area contributed by atoms with Crippen molar-refractivity contribution in [2.24, 2.45) is 12.0 Å². The minimum atomic E-state index is 0.928. The average Bonchev–Trinajstić information content (AvgIpc) is 2.54. The number of aliphatic imine (C=N–C) groups is 1. The van der Waals surface area contributed by atoms with Gasteiger partial charge in [0.05, 0.1) is 11.8 Å². The summed E-state index contributed by atoms with van der Waals surface area (Å²) in [6, 6.07) is 0. The summed E-state index contributed by atoms with van der Waals surface area (Å²) in [5, 5.41) is 7.33. The predicted molar refractivity (Wildman–Crippen MR) is 47.2 cm³/mol. The minimum absolute atomic E-state index is 0.928. The normalized spacial score (nSPS) is 16.9. The van der Waals surface area contributed by atoms with Crippen LogP contribution in [0, 0.1) is 0 Å². The third-order valence-electron chi connectivity index (χ3n) is 1.88. The monoisotopic (exact) mass is 164 g/mol. The zero-order chi connectivity index (χ0) is 8.39. The highest BCUT2D eigenvalue weighted by molar-refractivity contribution is 5.98. The molecule has 0 fully saturated rings. The van der Waals surface area contributed by atoms with Crippen LogP contribution in [-0.4, -0.2) is 28.7 Å². The SMILES string of the molecule is Cn1cc(C2=NCCCN2)cn1. The summed E-state index contributed by atoms with van der Waals surface area (Å²) in [6.07, 6.45) is 4.93. The summed E-state index contributed by atoms with van der Waals surface area (Å²) in [7, 11) is 1.91. The standard InChI is InChI=1S/C8H12N4/c1-12-6-7(5-11-12)8-9-3-2-4-10-8/h5-6H,2-4H2,1H3,(H,9,10). The molecule has 0 bridgehead atoms. The number of nitrogens with zero attached hydrogens (tertiary/aromatic N) is 3. The fraction of sp³-hybridized carbons (Fsp3) is 0.500. The second kappa shape index (κ2) is 2.97. The van der Waals surface area contributed by atoms with Gasteiger partial charge in [-0.05, 0) is 6.42 Å². The van der Waals surface area contributed by atoms with Crippen LogP contribution in [0.5, 0.6) is 0 Å². The van der Waals surface area contributed by atoms with E-state index in [-0.39, 0.29) is 0 Å². The maximum atomic E-state index is 4.37. The lowest BCUT2D eigenvalue weighted by atomic mass is 10.3. The molecule has 1 aliphatic heterocycles. The van der Waals surface area contributed by atoms with Gasteiger partial charge in [0, 0.05) is 26.3 Å². The third-order valence-corrected chi connectivity index (χ3v) is 1.88. The molecule has 64 valence electrons. The van der Waals surface area contributed by atoms with Crippen molar-refractivity contribution in [2.75, 3.05) is 13.1 Å². The van der Waals surface area contributed by atoms with Crippen molar-refractivity contribution in [1.82, 2.24) is 15.1 Å². The average molecular weight is 164 g/mol. The van der Waals surface area contributed by atoms with Crippen molar-refractivity contribution in [3.05, 3.63) is 18.0 Å². The fourth-order valence-corrected chi connectivity index (χ4v) is 1.27. The third kappa shape index (κ3) is 1.32. The lowest BCUT2D eigenvalue weighted by molar-refractivity contribution is 0.742. The van der Waals surface area contributed by atoms with E-state index in [9.17, 15) is 0 Å². The highest BCUT2D eigenvalue weighted by Gasteiger charge is 2.07. The van der Waals surface area contributed by atoms with Crippen molar-refractivity contribution in [3.8, 4) is 0 Å². The fourth-order valence-electron chi connectivity index (χ4n) is 1.27. The quantitative estimate of drug-likeness (QED) is 0.642. The lowest BCUT2D eigenvalue weighted by Gasteiger charge is -2.12. The number of hydrogen-bond donors (Lipinski definition) is 1. The molecule has 0 saturated heterocycles. The Balaban J connectivity index is 2.23. The largest absolute Gasteiger partial charge is 0.370 e. The van der Waals surface area contributed by atoms with Gasteiger partial charge < -0.3 is 5.32 Å². The van der Waals surface area contributed by atoms with E-state index in [2.05, 4.69) is 15.4 Å². The zero-order valence-corrected chi connectivity index (χ0v) is 7.12. The summed E-state index contributed by atoms with van der Waals surface area (Å²) in [5.41, 5.74) is 1.08. The molecule has 2 rings (SSSR count). The van der Waals surface area contributed by atoms with Crippen LogP contribution >= 0.6 is 0 Å². The van der Waals surface area contributed by atoms with Crippen molar-refractivity contribution < 1.29 is 0 Å². The molecule has 0 aliphatic carbocycles. The van der Waals surface area contributed by atoms with E-state index < -0.39 is 0 Å². The lowest BCUT2D eigenvalue weighted by Crippen LogP contribution is -2.29. The van der Waals surface area contributed by atoms with E-state index in [0.717, 1.165) is 30.9 Å². The molecule has 1 aliphatic rings. The number of hydrogen-bond acceptors (Lipinski definition) is 3. The Morgan fingerprint density at radius 1 is 1.58 bits per heavy atom. The van der Waals surface area contributed by atoms with E-state index >= 15 is 0 Å². The summed E-state index contributed by atoms with van der Waals surface area (Å²) in [4.78, 5) is 4.37. The minimum Gasteiger partial charge on any atom is -0.370 e. The van der Waals surface area contributed by atoms with Crippen molar-refractivity contribution in [3.63, 3.8) is 0 Å². The van der Waals surface area contributed by atoms with Crippen LogP contribution in [0.2, 0.25) is 0 Å². The Hall–Kier alpha value is -1.32. The van der Waals surface area contributed by atoms with Gasteiger partial charge >= 0.3 is 0 Å². The molecular weight excluding hydrogens is 152 g/mol. The Labute approximate surface area is 71.3 Å². The van der Waals surface area contributed by atoms with E-state index in [1.807, 2.05) is 19.4 Å². The van der Waals surface area contributed by atoms with Crippen LogP contribution in [0.15, 0.2) is 17.4 Å². The van der Waals surface area contributed by atoms with Gasteiger partial charge in [0.1, 0.15) is 5.84 Å². The summed E-state index contributed by atoms with van der Waals surface area (Å²) >= 11 is 0. The highest BCUT2D eigenvalue weighted by atomic mass is 15.2. The van der Waals surface area contributed by atoms with Gasteiger partial charge in [-0.25, -0.2) is 0 Å². The summed E-state index contributed by atoms with van der Waals surface area (Å²) in [6.45, 7) is 1.95. The van der Waals surface area contributed by atoms with Gasteiger partial charge in [0.2, 0.25) is 0 Å². The van der Waals surface area contributed by atoms with Crippen molar-refractivity contribution in [2.45, 2.75) is 6.42 Å². The van der Waals surface area contributed by atoms with Gasteiger partial charge in [-0.15, -0.1) is 0 Å². The first kappa shape index (κ1) is 7.34. The van der Waals surface area contributed by atoms with E-state index in [0.29, 0.717) is 0 Å².